The number of carbonyl (C=O) groups excluding carboxylic acids is 2. The summed E-state index contributed by atoms with van der Waals surface area (Å²) < 4.78 is 1.79. The molecule has 0 aliphatic heterocycles. The molecule has 0 spiro atoms. The highest BCUT2D eigenvalue weighted by Crippen LogP contribution is 2.20. The smallest absolute Gasteiger partial charge is 0.252 e. The maximum absolute atomic E-state index is 12.5. The Morgan fingerprint density at radius 1 is 1.07 bits per heavy atom. The van der Waals surface area contributed by atoms with Crippen molar-refractivity contribution in [1.29, 1.82) is 0 Å². The number of aromatic nitrogens is 3. The minimum atomic E-state index is -0.327. The van der Waals surface area contributed by atoms with Crippen LogP contribution in [0.5, 0.6) is 0 Å². The molecule has 2 N–H and O–H groups in total. The van der Waals surface area contributed by atoms with Gasteiger partial charge in [0.05, 0.1) is 11.8 Å². The number of rotatable bonds is 7. The monoisotopic (exact) mass is 409 g/mol. The van der Waals surface area contributed by atoms with E-state index in [9.17, 15) is 9.59 Å². The van der Waals surface area contributed by atoms with Gasteiger partial charge in [-0.05, 0) is 37.6 Å². The summed E-state index contributed by atoms with van der Waals surface area (Å²) in [6, 6.07) is 16.4. The van der Waals surface area contributed by atoms with Crippen molar-refractivity contribution in [2.45, 2.75) is 25.0 Å². The summed E-state index contributed by atoms with van der Waals surface area (Å²) in [6.07, 6.45) is 0. The average molecular weight is 410 g/mol. The third kappa shape index (κ3) is 5.23. The maximum Gasteiger partial charge on any atom is 0.252 e. The minimum Gasteiger partial charge on any atom is -0.342 e. The van der Waals surface area contributed by atoms with E-state index in [1.807, 2.05) is 69.4 Å². The second kappa shape index (κ2) is 9.38. The molecule has 1 aromatic heterocycles. The molecule has 0 saturated carbocycles. The summed E-state index contributed by atoms with van der Waals surface area (Å²) in [5, 5.41) is 14.8. The molecule has 1 atom stereocenters. The molecule has 2 aromatic carbocycles. The number of carbonyl (C=O) groups is 2. The third-order valence-electron chi connectivity index (χ3n) is 4.38. The van der Waals surface area contributed by atoms with Gasteiger partial charge in [-0.25, -0.2) is 0 Å². The molecule has 0 aliphatic carbocycles. The lowest BCUT2D eigenvalue weighted by Crippen LogP contribution is -2.29. The highest BCUT2D eigenvalue weighted by atomic mass is 32.2. The van der Waals surface area contributed by atoms with Crippen molar-refractivity contribution in [2.75, 3.05) is 11.1 Å². The normalized spacial score (nSPS) is 11.7. The zero-order valence-electron chi connectivity index (χ0n) is 16.5. The van der Waals surface area contributed by atoms with Crippen LogP contribution in [0.2, 0.25) is 0 Å². The van der Waals surface area contributed by atoms with Crippen LogP contribution in [-0.4, -0.2) is 32.3 Å². The molecule has 0 unspecified atom stereocenters. The lowest BCUT2D eigenvalue weighted by molar-refractivity contribution is -0.113. The van der Waals surface area contributed by atoms with Gasteiger partial charge >= 0.3 is 0 Å². The summed E-state index contributed by atoms with van der Waals surface area (Å²) >= 11 is 1.29. The van der Waals surface area contributed by atoms with Crippen molar-refractivity contribution in [1.82, 2.24) is 20.1 Å². The van der Waals surface area contributed by atoms with Crippen LogP contribution in [0, 0.1) is 6.92 Å². The van der Waals surface area contributed by atoms with E-state index >= 15 is 0 Å². The number of thioether (sulfide) groups is 1. The van der Waals surface area contributed by atoms with Crippen LogP contribution in [0.1, 0.15) is 34.7 Å². The summed E-state index contributed by atoms with van der Waals surface area (Å²) in [6.45, 7) is 3.76. The van der Waals surface area contributed by atoms with E-state index in [0.29, 0.717) is 16.5 Å². The van der Waals surface area contributed by atoms with E-state index in [-0.39, 0.29) is 23.6 Å². The highest BCUT2D eigenvalue weighted by molar-refractivity contribution is 7.99. The molecule has 0 fully saturated rings. The van der Waals surface area contributed by atoms with Crippen LogP contribution in [0.25, 0.3) is 0 Å². The highest BCUT2D eigenvalue weighted by Gasteiger charge is 2.19. The van der Waals surface area contributed by atoms with Crippen LogP contribution in [0.15, 0.2) is 59.8 Å². The SMILES string of the molecule is Cc1ccccc1C(=O)N[C@H](C)c1nnc(SCC(=O)Nc2ccccc2)n1C. The van der Waals surface area contributed by atoms with Gasteiger partial charge in [-0.3, -0.25) is 9.59 Å². The van der Waals surface area contributed by atoms with Gasteiger partial charge in [-0.2, -0.15) is 0 Å². The fourth-order valence-electron chi connectivity index (χ4n) is 2.84. The first kappa shape index (κ1) is 20.6. The zero-order chi connectivity index (χ0) is 20.8. The van der Waals surface area contributed by atoms with Gasteiger partial charge in [-0.15, -0.1) is 10.2 Å². The standard InChI is InChI=1S/C21H23N5O2S/c1-14-9-7-8-12-17(14)20(28)22-15(2)19-24-25-21(26(19)3)29-13-18(27)23-16-10-5-4-6-11-16/h4-12,15H,13H2,1-3H3,(H,22,28)(H,23,27)/t15-/m1/s1. The van der Waals surface area contributed by atoms with Crippen LogP contribution >= 0.6 is 11.8 Å². The van der Waals surface area contributed by atoms with Gasteiger partial charge in [0.2, 0.25) is 5.91 Å². The number of aryl methyl sites for hydroxylation is 1. The quantitative estimate of drug-likeness (QED) is 0.584. The average Bonchev–Trinajstić information content (AvgIpc) is 3.08. The molecule has 2 amide bonds. The Kier molecular flexibility index (Phi) is 6.66. The topological polar surface area (TPSA) is 88.9 Å². The molecular weight excluding hydrogens is 386 g/mol. The van der Waals surface area contributed by atoms with Crippen LogP contribution in [0.3, 0.4) is 0 Å². The van der Waals surface area contributed by atoms with Crippen molar-refractivity contribution in [3.05, 3.63) is 71.5 Å². The number of amides is 2. The molecule has 8 heteroatoms. The van der Waals surface area contributed by atoms with Gasteiger partial charge in [0.25, 0.3) is 5.91 Å². The summed E-state index contributed by atoms with van der Waals surface area (Å²) in [5.74, 6) is 0.560. The van der Waals surface area contributed by atoms with Crippen LogP contribution in [0.4, 0.5) is 5.69 Å². The minimum absolute atomic E-state index is 0.119. The largest absolute Gasteiger partial charge is 0.342 e. The number of para-hydroxylation sites is 1. The Morgan fingerprint density at radius 2 is 1.76 bits per heavy atom. The predicted molar refractivity (Wildman–Crippen MR) is 114 cm³/mol. The number of benzene rings is 2. The van der Waals surface area contributed by atoms with E-state index in [1.54, 1.807) is 10.6 Å². The molecule has 0 saturated heterocycles. The summed E-state index contributed by atoms with van der Waals surface area (Å²) in [4.78, 5) is 24.7. The molecule has 7 nitrogen and oxygen atoms in total. The van der Waals surface area contributed by atoms with Gasteiger partial charge in [-0.1, -0.05) is 48.2 Å². The van der Waals surface area contributed by atoms with Crippen molar-refractivity contribution >= 4 is 29.3 Å². The van der Waals surface area contributed by atoms with Crippen LogP contribution in [-0.2, 0) is 11.8 Å². The molecule has 1 heterocycles. The fourth-order valence-corrected chi connectivity index (χ4v) is 3.56. The van der Waals surface area contributed by atoms with Gasteiger partial charge in [0.15, 0.2) is 11.0 Å². The Balaban J connectivity index is 1.59. The lowest BCUT2D eigenvalue weighted by atomic mass is 10.1. The molecule has 3 aromatic rings. The summed E-state index contributed by atoms with van der Waals surface area (Å²) in [5.41, 5.74) is 2.30. The maximum atomic E-state index is 12.5. The fraction of sp³-hybridized carbons (Fsp3) is 0.238. The first-order chi connectivity index (χ1) is 14.0. The Bertz CT molecular complexity index is 1000. The first-order valence-corrected chi connectivity index (χ1v) is 10.2. The van der Waals surface area contributed by atoms with Crippen molar-refractivity contribution < 1.29 is 9.59 Å². The Hall–Kier alpha value is -3.13. The molecule has 0 radical (unpaired) electrons. The zero-order valence-corrected chi connectivity index (χ0v) is 17.4. The lowest BCUT2D eigenvalue weighted by Gasteiger charge is -2.14. The number of anilines is 1. The third-order valence-corrected chi connectivity index (χ3v) is 5.40. The molecular formula is C21H23N5O2S. The van der Waals surface area contributed by atoms with Gasteiger partial charge in [0, 0.05) is 18.3 Å². The van der Waals surface area contributed by atoms with E-state index in [4.69, 9.17) is 0 Å². The number of hydrogen-bond donors (Lipinski definition) is 2. The van der Waals surface area contributed by atoms with Gasteiger partial charge in [0.1, 0.15) is 0 Å². The Labute approximate surface area is 173 Å². The molecule has 3 rings (SSSR count). The van der Waals surface area contributed by atoms with E-state index < -0.39 is 0 Å². The number of hydrogen-bond acceptors (Lipinski definition) is 5. The second-order valence-corrected chi connectivity index (χ2v) is 7.56. The second-order valence-electron chi connectivity index (χ2n) is 6.61. The molecule has 0 bridgehead atoms. The predicted octanol–water partition coefficient (Wildman–Crippen LogP) is 3.35. The number of nitrogens with one attached hydrogen (secondary N) is 2. The molecule has 29 heavy (non-hydrogen) atoms. The molecule has 0 aliphatic rings. The Morgan fingerprint density at radius 3 is 2.48 bits per heavy atom. The van der Waals surface area contributed by atoms with E-state index in [0.717, 1.165) is 11.3 Å². The van der Waals surface area contributed by atoms with Crippen molar-refractivity contribution in [3.8, 4) is 0 Å². The van der Waals surface area contributed by atoms with Crippen LogP contribution < -0.4 is 10.6 Å². The molecule has 150 valence electrons. The van der Waals surface area contributed by atoms with E-state index in [2.05, 4.69) is 20.8 Å². The van der Waals surface area contributed by atoms with E-state index in [1.165, 1.54) is 11.8 Å². The van der Waals surface area contributed by atoms with Gasteiger partial charge < -0.3 is 15.2 Å². The summed E-state index contributed by atoms with van der Waals surface area (Å²) in [7, 11) is 1.82. The van der Waals surface area contributed by atoms with Crippen molar-refractivity contribution in [3.63, 3.8) is 0 Å². The van der Waals surface area contributed by atoms with Crippen molar-refractivity contribution in [2.24, 2.45) is 7.05 Å². The number of nitrogens with zero attached hydrogens (tertiary/aromatic N) is 3. The first-order valence-electron chi connectivity index (χ1n) is 9.19.